The number of halogens is 3. The van der Waals surface area contributed by atoms with E-state index in [1.54, 1.807) is 36.0 Å². The maximum absolute atomic E-state index is 10.9. The Hall–Kier alpha value is -8.20. The van der Waals surface area contributed by atoms with Crippen molar-refractivity contribution in [1.82, 2.24) is 0 Å². The van der Waals surface area contributed by atoms with Crippen molar-refractivity contribution in [2.45, 2.75) is 202 Å². The van der Waals surface area contributed by atoms with Gasteiger partial charge in [-0.25, -0.2) is 0 Å². The number of anilines is 4. The van der Waals surface area contributed by atoms with Crippen LogP contribution >= 0.6 is 112 Å². The number of hydrogen-bond acceptors (Lipinski definition) is 14. The molecule has 119 heavy (non-hydrogen) atoms. The predicted molar refractivity (Wildman–Crippen MR) is 525 cm³/mol. The van der Waals surface area contributed by atoms with E-state index in [1.165, 1.54) is 233 Å². The molecule has 19 heteroatoms. The Balaban J connectivity index is 0.000000194. The molecule has 3 fully saturated rings. The van der Waals surface area contributed by atoms with E-state index < -0.39 is 4.92 Å². The molecule has 0 radical (unpaired) electrons. The summed E-state index contributed by atoms with van der Waals surface area (Å²) in [5.41, 5.74) is 27.6. The van der Waals surface area contributed by atoms with Crippen molar-refractivity contribution in [2.24, 2.45) is 0 Å². The number of nitro groups is 2. The first-order valence-corrected chi connectivity index (χ1v) is 45.2. The first-order chi connectivity index (χ1) is 56.3. The highest BCUT2D eigenvalue weighted by Crippen LogP contribution is 2.43. The van der Waals surface area contributed by atoms with Crippen LogP contribution in [0.15, 0.2) is 303 Å². The Morgan fingerprint density at radius 2 is 0.555 bits per heavy atom. The lowest BCUT2D eigenvalue weighted by molar-refractivity contribution is -0.387. The Kier molecular flexibility index (Phi) is 41.4. The lowest BCUT2D eigenvalue weighted by Gasteiger charge is -2.30. The number of rotatable bonds is 15. The maximum atomic E-state index is 10.9. The molecule has 10 nitrogen and oxygen atoms in total. The number of benzene rings is 12. The number of nitrogens with zero attached hydrogens (tertiary/aromatic N) is 5. The highest BCUT2D eigenvalue weighted by atomic mass is 79.9. The average Bonchev–Trinajstić information content (AvgIpc) is 0.847. The second kappa shape index (κ2) is 50.3. The maximum Gasteiger partial charge on any atom is 0.287 e. The molecule has 0 bridgehead atoms. The molecule has 3 aliphatic heterocycles. The molecule has 0 saturated carbocycles. The fourth-order valence-corrected chi connectivity index (χ4v) is 19.3. The molecule has 0 amide bonds. The number of para-hydroxylation sites is 5. The van der Waals surface area contributed by atoms with E-state index in [1.807, 2.05) is 98.5 Å². The van der Waals surface area contributed by atoms with Crippen LogP contribution in [0.4, 0.5) is 34.1 Å². The summed E-state index contributed by atoms with van der Waals surface area (Å²) in [7, 11) is 0. The van der Waals surface area contributed by atoms with Gasteiger partial charge in [0.25, 0.3) is 11.4 Å². The number of hydrogen-bond donors (Lipinski definition) is 2. The van der Waals surface area contributed by atoms with Gasteiger partial charge in [0.1, 0.15) is 5.02 Å². The van der Waals surface area contributed by atoms with Crippen molar-refractivity contribution in [3.8, 4) is 0 Å². The zero-order chi connectivity index (χ0) is 83.9. The van der Waals surface area contributed by atoms with Crippen LogP contribution in [0.2, 0.25) is 5.02 Å². The van der Waals surface area contributed by atoms with Crippen molar-refractivity contribution < 1.29 is 9.85 Å². The number of thiol groups is 1. The summed E-state index contributed by atoms with van der Waals surface area (Å²) in [4.78, 5) is 41.4. The molecule has 2 N–H and O–H groups in total. The number of nitrogens with two attached hydrogens (primary N) is 1. The second-order valence-electron chi connectivity index (χ2n) is 30.2. The van der Waals surface area contributed by atoms with Crippen LogP contribution in [-0.4, -0.2) is 49.1 Å². The molecule has 3 heterocycles. The van der Waals surface area contributed by atoms with Gasteiger partial charge in [-0.05, 0) is 284 Å². The molecular weight excluding hydrogens is 1690 g/mol. The standard InChI is InChI=1S/3C19H23NS.C14H13NO2S.C14H15NS.C8H10S.C7H6ClNO2.BrH.ClH/c3*1-15-10-11-18(16(2)14-15)21-19-9-5-4-8-17(19)20-12-6-3-7-13-20;1-10-7-8-13(11(2)9-10)18-14-6-4-3-5-12(14)15(16)17;1-10-7-8-13(11(2)9-10)16-14-6-4-3-5-12(14)15;1-6-3-4-8(9)7(2)5-6;1-5-2-3-7(9(10)11)6(8)4-5;;/h3*4-5,8-11,14H,3,6-7,12-13H2,1-2H3;3-9H,1-2H3;3-9H,15H2,1-2H3;3-5,9H,1-2H3;2-4H,1H3;2*1H. The summed E-state index contributed by atoms with van der Waals surface area (Å²) in [5.74, 6) is 0. The van der Waals surface area contributed by atoms with Gasteiger partial charge in [-0.3, -0.25) is 20.2 Å². The van der Waals surface area contributed by atoms with Gasteiger partial charge in [0, 0.05) is 106 Å². The summed E-state index contributed by atoms with van der Waals surface area (Å²) in [6.07, 6.45) is 12.1. The fraction of sp³-hybridized carbons (Fsp3) is 0.280. The monoisotopic (exact) mass is 1800 g/mol. The molecule has 12 aromatic rings. The lowest BCUT2D eigenvalue weighted by atomic mass is 10.1. The van der Waals surface area contributed by atoms with Crippen molar-refractivity contribution in [3.63, 3.8) is 0 Å². The van der Waals surface area contributed by atoms with Crippen LogP contribution in [0.1, 0.15) is 130 Å². The van der Waals surface area contributed by atoms with Gasteiger partial charge < -0.3 is 20.4 Å². The Morgan fingerprint density at radius 1 is 0.303 bits per heavy atom. The van der Waals surface area contributed by atoms with Gasteiger partial charge in [-0.1, -0.05) is 243 Å². The summed E-state index contributed by atoms with van der Waals surface area (Å²) in [5, 5.41) is 21.4. The van der Waals surface area contributed by atoms with E-state index in [0.29, 0.717) is 4.90 Å². The van der Waals surface area contributed by atoms with Crippen molar-refractivity contribution in [1.29, 1.82) is 0 Å². The van der Waals surface area contributed by atoms with Gasteiger partial charge in [0.2, 0.25) is 0 Å². The van der Waals surface area contributed by atoms with Crippen molar-refractivity contribution in [2.75, 3.05) is 59.7 Å². The third-order valence-electron chi connectivity index (χ3n) is 20.1. The fourth-order valence-electron chi connectivity index (χ4n) is 13.8. The normalized spacial score (nSPS) is 12.6. The van der Waals surface area contributed by atoms with Gasteiger partial charge in [0.05, 0.1) is 31.8 Å². The van der Waals surface area contributed by atoms with Gasteiger partial charge in [-0.15, -0.1) is 42.0 Å². The summed E-state index contributed by atoms with van der Waals surface area (Å²) in [6, 6.07) is 84.9. The highest BCUT2D eigenvalue weighted by Gasteiger charge is 2.21. The first kappa shape index (κ1) is 97.9. The van der Waals surface area contributed by atoms with E-state index in [-0.39, 0.29) is 50.7 Å². The molecule has 0 aromatic heterocycles. The number of aryl methyl sites for hydroxylation is 13. The Labute approximate surface area is 757 Å². The minimum absolute atomic E-state index is 0. The van der Waals surface area contributed by atoms with Gasteiger partial charge >= 0.3 is 0 Å². The molecule has 3 saturated heterocycles. The van der Waals surface area contributed by atoms with Crippen LogP contribution < -0.4 is 20.4 Å². The van der Waals surface area contributed by atoms with E-state index in [9.17, 15) is 20.2 Å². The summed E-state index contributed by atoms with van der Waals surface area (Å²) < 4.78 is 0. The topological polar surface area (TPSA) is 122 Å². The van der Waals surface area contributed by atoms with Gasteiger partial charge in [-0.2, -0.15) is 0 Å². The zero-order valence-electron chi connectivity index (χ0n) is 70.9. The Bertz CT molecular complexity index is 5000. The molecular formula is C100H115BrCl2N6O4S6. The third-order valence-corrected chi connectivity index (χ3v) is 27.1. The quantitative estimate of drug-likeness (QED) is 0.0439. The average molecular weight is 1810 g/mol. The zero-order valence-corrected chi connectivity index (χ0v) is 79.2. The predicted octanol–water partition coefficient (Wildman–Crippen LogP) is 30.9. The van der Waals surface area contributed by atoms with Crippen LogP contribution in [0, 0.1) is 110 Å². The number of nitrogen functional groups attached to an aromatic ring is 1. The first-order valence-electron chi connectivity index (χ1n) is 40.3. The van der Waals surface area contributed by atoms with E-state index in [2.05, 4.69) is 266 Å². The van der Waals surface area contributed by atoms with Crippen LogP contribution in [0.3, 0.4) is 0 Å². The molecule has 0 aliphatic carbocycles. The summed E-state index contributed by atoms with van der Waals surface area (Å²) >= 11 is 18.7. The molecule has 0 atom stereocenters. The molecule has 15 rings (SSSR count). The molecule has 0 spiro atoms. The smallest absolute Gasteiger partial charge is 0.287 e. The number of piperidine rings is 3. The lowest BCUT2D eigenvalue weighted by Crippen LogP contribution is -2.29. The molecule has 0 unspecified atom stereocenters. The number of nitro benzene ring substituents is 2. The Morgan fingerprint density at radius 3 is 0.849 bits per heavy atom. The van der Waals surface area contributed by atoms with E-state index >= 15 is 0 Å². The van der Waals surface area contributed by atoms with E-state index in [4.69, 9.17) is 17.3 Å². The van der Waals surface area contributed by atoms with Crippen LogP contribution in [-0.2, 0) is 0 Å². The highest BCUT2D eigenvalue weighted by molar-refractivity contribution is 8.93. The molecule has 3 aliphatic rings. The minimum atomic E-state index is -0.498. The van der Waals surface area contributed by atoms with Crippen LogP contribution in [0.5, 0.6) is 0 Å². The third kappa shape index (κ3) is 31.3. The van der Waals surface area contributed by atoms with Crippen molar-refractivity contribution >= 4 is 147 Å². The SMILES string of the molecule is Br.Cc1ccc(S)c(C)c1.Cc1ccc(Sc2ccccc2N)c(C)c1.Cc1ccc(Sc2ccccc2N2CCCCC2)c(C)c1.Cc1ccc(Sc2ccccc2N2CCCCC2)c(C)c1.Cc1ccc(Sc2ccccc2N2CCCCC2)c(C)c1.Cc1ccc(Sc2ccccc2[N+](=O)[O-])c(C)c1.Cc1ccc([N+](=O)[O-])c(Cl)c1.Cl. The molecule has 626 valence electrons. The second-order valence-corrected chi connectivity index (χ2v) is 36.5. The molecule has 12 aromatic carbocycles. The summed E-state index contributed by atoms with van der Waals surface area (Å²) in [6.45, 7) is 34.6. The van der Waals surface area contributed by atoms with E-state index in [0.717, 1.165) is 31.5 Å². The van der Waals surface area contributed by atoms with Crippen molar-refractivity contribution in [3.05, 3.63) is 346 Å². The van der Waals surface area contributed by atoms with Gasteiger partial charge in [0.15, 0.2) is 0 Å². The minimum Gasteiger partial charge on any atom is -0.398 e. The largest absolute Gasteiger partial charge is 0.398 e. The van der Waals surface area contributed by atoms with Crippen LogP contribution in [0.25, 0.3) is 0 Å².